The second-order valence-electron chi connectivity index (χ2n) is 4.32. The summed E-state index contributed by atoms with van der Waals surface area (Å²) >= 11 is 0. The van der Waals surface area contributed by atoms with Crippen molar-refractivity contribution in [3.8, 4) is 0 Å². The number of carboxylic acids is 1. The largest absolute Gasteiger partial charge is 0.480 e. The number of carboxylic acid groups (broad SMARTS) is 1. The molecular formula is C13H10F3NO4. The number of furan rings is 1. The molecule has 1 aromatic carbocycles. The van der Waals surface area contributed by atoms with Gasteiger partial charge in [0.2, 0.25) is 0 Å². The summed E-state index contributed by atoms with van der Waals surface area (Å²) in [5, 5.41) is 11.0. The van der Waals surface area contributed by atoms with Crippen LogP contribution in [0.15, 0.2) is 34.9 Å². The Bertz CT molecular complexity index is 677. The van der Waals surface area contributed by atoms with Gasteiger partial charge in [-0.15, -0.1) is 0 Å². The molecular weight excluding hydrogens is 291 g/mol. The van der Waals surface area contributed by atoms with E-state index in [1.807, 2.05) is 0 Å². The molecule has 2 N–H and O–H groups in total. The van der Waals surface area contributed by atoms with Gasteiger partial charge in [0.05, 0.1) is 6.26 Å². The number of halogens is 3. The van der Waals surface area contributed by atoms with Crippen molar-refractivity contribution >= 4 is 22.8 Å². The van der Waals surface area contributed by atoms with Crippen LogP contribution in [0, 0.1) is 0 Å². The molecule has 112 valence electrons. The number of hydrogen-bond donors (Lipinski definition) is 2. The van der Waals surface area contributed by atoms with Crippen molar-refractivity contribution in [2.45, 2.75) is 18.6 Å². The number of nitrogens with one attached hydrogen (secondary N) is 1. The van der Waals surface area contributed by atoms with E-state index in [1.54, 1.807) is 24.3 Å². The molecule has 0 radical (unpaired) electrons. The first-order valence-electron chi connectivity index (χ1n) is 5.84. The van der Waals surface area contributed by atoms with Gasteiger partial charge in [-0.2, -0.15) is 13.2 Å². The summed E-state index contributed by atoms with van der Waals surface area (Å²) in [6.45, 7) is 0. The highest BCUT2D eigenvalue weighted by Gasteiger charge is 2.40. The summed E-state index contributed by atoms with van der Waals surface area (Å²) in [5.74, 6) is -3.85. The Balaban J connectivity index is 2.21. The van der Waals surface area contributed by atoms with Gasteiger partial charge >= 0.3 is 18.1 Å². The molecule has 1 heterocycles. The average molecular weight is 301 g/mol. The standard InChI is InChI=1S/C13H10F3NO4/c14-13(15,16)12(20)17-9(11(18)19)5-7-6-21-10-4-2-1-3-8(7)10/h1-4,6,9H,5H2,(H,17,20)(H,18,19). The Morgan fingerprint density at radius 3 is 2.57 bits per heavy atom. The minimum absolute atomic E-state index is 0.311. The number of benzene rings is 1. The Hall–Kier alpha value is -2.51. The maximum absolute atomic E-state index is 12.2. The number of carbonyl (C=O) groups excluding carboxylic acids is 1. The number of carbonyl (C=O) groups is 2. The lowest BCUT2D eigenvalue weighted by Crippen LogP contribution is -2.47. The van der Waals surface area contributed by atoms with Crippen molar-refractivity contribution in [2.75, 3.05) is 0 Å². The van der Waals surface area contributed by atoms with Crippen LogP contribution >= 0.6 is 0 Å². The van der Waals surface area contributed by atoms with Gasteiger partial charge < -0.3 is 14.8 Å². The van der Waals surface area contributed by atoms with Crippen molar-refractivity contribution in [1.29, 1.82) is 0 Å². The lowest BCUT2D eigenvalue weighted by molar-refractivity contribution is -0.175. The zero-order valence-electron chi connectivity index (χ0n) is 10.5. The molecule has 1 aromatic heterocycles. The van der Waals surface area contributed by atoms with Crippen molar-refractivity contribution in [3.05, 3.63) is 36.1 Å². The molecule has 0 saturated carbocycles. The topological polar surface area (TPSA) is 79.5 Å². The van der Waals surface area contributed by atoms with Crippen molar-refractivity contribution < 1.29 is 32.3 Å². The van der Waals surface area contributed by atoms with E-state index in [1.165, 1.54) is 11.6 Å². The Kier molecular flexibility index (Phi) is 3.88. The summed E-state index contributed by atoms with van der Waals surface area (Å²) < 4.78 is 41.7. The monoisotopic (exact) mass is 301 g/mol. The molecule has 1 atom stereocenters. The van der Waals surface area contributed by atoms with E-state index in [0.29, 0.717) is 16.5 Å². The predicted molar refractivity (Wildman–Crippen MR) is 65.5 cm³/mol. The number of alkyl halides is 3. The molecule has 0 saturated heterocycles. The minimum atomic E-state index is -5.13. The zero-order chi connectivity index (χ0) is 15.6. The van der Waals surface area contributed by atoms with Gasteiger partial charge in [-0.3, -0.25) is 4.79 Å². The third-order valence-electron chi connectivity index (χ3n) is 2.85. The van der Waals surface area contributed by atoms with Gasteiger partial charge in [0.15, 0.2) is 0 Å². The lowest BCUT2D eigenvalue weighted by Gasteiger charge is -2.15. The first kappa shape index (κ1) is 14.9. The number of amides is 1. The number of hydrogen-bond acceptors (Lipinski definition) is 3. The SMILES string of the molecule is O=C(O)C(Cc1coc2ccccc12)NC(=O)C(F)(F)F. The highest BCUT2D eigenvalue weighted by molar-refractivity contribution is 5.88. The highest BCUT2D eigenvalue weighted by atomic mass is 19.4. The molecule has 5 nitrogen and oxygen atoms in total. The molecule has 0 fully saturated rings. The van der Waals surface area contributed by atoms with Gasteiger partial charge in [0, 0.05) is 17.4 Å². The van der Waals surface area contributed by atoms with E-state index in [2.05, 4.69) is 0 Å². The molecule has 0 aliphatic heterocycles. The normalized spacial score (nSPS) is 13.1. The van der Waals surface area contributed by atoms with Crippen LogP contribution in [0.25, 0.3) is 11.0 Å². The molecule has 8 heteroatoms. The van der Waals surface area contributed by atoms with Gasteiger partial charge in [0.1, 0.15) is 11.6 Å². The van der Waals surface area contributed by atoms with E-state index in [-0.39, 0.29) is 6.42 Å². The maximum Gasteiger partial charge on any atom is 0.471 e. The smallest absolute Gasteiger partial charge is 0.471 e. The molecule has 21 heavy (non-hydrogen) atoms. The number of fused-ring (bicyclic) bond motifs is 1. The Morgan fingerprint density at radius 2 is 1.95 bits per heavy atom. The molecule has 0 bridgehead atoms. The quantitative estimate of drug-likeness (QED) is 0.906. The molecule has 2 rings (SSSR count). The third kappa shape index (κ3) is 3.33. The Morgan fingerprint density at radius 1 is 1.29 bits per heavy atom. The van der Waals surface area contributed by atoms with Gasteiger partial charge in [-0.25, -0.2) is 4.79 Å². The van der Waals surface area contributed by atoms with Crippen molar-refractivity contribution in [1.82, 2.24) is 5.32 Å². The van der Waals surface area contributed by atoms with Crippen molar-refractivity contribution in [3.63, 3.8) is 0 Å². The summed E-state index contributed by atoms with van der Waals surface area (Å²) in [5.41, 5.74) is 0.888. The van der Waals surface area contributed by atoms with Gasteiger partial charge in [-0.1, -0.05) is 18.2 Å². The number of rotatable bonds is 4. The number of aliphatic carboxylic acids is 1. The van der Waals surface area contributed by atoms with E-state index in [4.69, 9.17) is 9.52 Å². The molecule has 0 spiro atoms. The van der Waals surface area contributed by atoms with Crippen LogP contribution in [0.4, 0.5) is 13.2 Å². The van der Waals surface area contributed by atoms with Crippen LogP contribution in [0.3, 0.4) is 0 Å². The minimum Gasteiger partial charge on any atom is -0.480 e. The first-order chi connectivity index (χ1) is 9.79. The van der Waals surface area contributed by atoms with E-state index >= 15 is 0 Å². The maximum atomic E-state index is 12.2. The summed E-state index contributed by atoms with van der Waals surface area (Å²) in [7, 11) is 0. The second kappa shape index (κ2) is 5.47. The molecule has 1 amide bonds. The van der Waals surface area contributed by atoms with Crippen LogP contribution in [0.5, 0.6) is 0 Å². The third-order valence-corrected chi connectivity index (χ3v) is 2.85. The lowest BCUT2D eigenvalue weighted by atomic mass is 10.0. The van der Waals surface area contributed by atoms with Crippen LogP contribution in [0.1, 0.15) is 5.56 Å². The van der Waals surface area contributed by atoms with Gasteiger partial charge in [0.25, 0.3) is 0 Å². The van der Waals surface area contributed by atoms with E-state index in [9.17, 15) is 22.8 Å². The van der Waals surface area contributed by atoms with Gasteiger partial charge in [-0.05, 0) is 6.07 Å². The van der Waals surface area contributed by atoms with Crippen molar-refractivity contribution in [2.24, 2.45) is 0 Å². The zero-order valence-corrected chi connectivity index (χ0v) is 10.5. The highest BCUT2D eigenvalue weighted by Crippen LogP contribution is 2.22. The van der Waals surface area contributed by atoms with Crippen LogP contribution in [0.2, 0.25) is 0 Å². The first-order valence-corrected chi connectivity index (χ1v) is 5.84. The fourth-order valence-corrected chi connectivity index (χ4v) is 1.85. The molecule has 1 unspecified atom stereocenters. The second-order valence-corrected chi connectivity index (χ2v) is 4.32. The molecule has 0 aliphatic carbocycles. The Labute approximate surface area is 116 Å². The van der Waals surface area contributed by atoms with Crippen LogP contribution in [-0.2, 0) is 16.0 Å². The predicted octanol–water partition coefficient (Wildman–Crippen LogP) is 2.11. The van der Waals surface area contributed by atoms with Crippen LogP contribution < -0.4 is 5.32 Å². The van der Waals surface area contributed by atoms with E-state index in [0.717, 1.165) is 0 Å². The van der Waals surface area contributed by atoms with Crippen LogP contribution in [-0.4, -0.2) is 29.2 Å². The fraction of sp³-hybridized carbons (Fsp3) is 0.231. The molecule has 2 aromatic rings. The molecule has 0 aliphatic rings. The number of para-hydroxylation sites is 1. The summed E-state index contributed by atoms with van der Waals surface area (Å²) in [4.78, 5) is 21.9. The summed E-state index contributed by atoms with van der Waals surface area (Å²) in [6.07, 6.45) is -4.18. The summed E-state index contributed by atoms with van der Waals surface area (Å²) in [6, 6.07) is 4.99. The van der Waals surface area contributed by atoms with E-state index < -0.39 is 24.1 Å². The average Bonchev–Trinajstić information content (AvgIpc) is 2.80. The fourth-order valence-electron chi connectivity index (χ4n) is 1.85.